The van der Waals surface area contributed by atoms with Gasteiger partial charge in [-0.05, 0) is 37.1 Å². The zero-order valence-corrected chi connectivity index (χ0v) is 19.2. The number of fused-ring (bicyclic) bond motifs is 1. The lowest BCUT2D eigenvalue weighted by atomic mass is 10.1. The smallest absolute Gasteiger partial charge is 0.270 e. The highest BCUT2D eigenvalue weighted by atomic mass is 35.5. The third kappa shape index (κ3) is 4.91. The van der Waals surface area contributed by atoms with Gasteiger partial charge in [-0.2, -0.15) is 0 Å². The predicted molar refractivity (Wildman–Crippen MR) is 126 cm³/mol. The third-order valence-corrected chi connectivity index (χ3v) is 6.93. The number of hydrogen-bond acceptors (Lipinski definition) is 7. The van der Waals surface area contributed by atoms with Crippen molar-refractivity contribution in [2.75, 3.05) is 44.3 Å². The third-order valence-electron chi connectivity index (χ3n) is 5.48. The highest BCUT2D eigenvalue weighted by Gasteiger charge is 2.24. The first-order valence-electron chi connectivity index (χ1n) is 10.4. The summed E-state index contributed by atoms with van der Waals surface area (Å²) < 4.78 is 6.33. The van der Waals surface area contributed by atoms with E-state index in [4.69, 9.17) is 21.3 Å². The monoisotopic (exact) mass is 474 g/mol. The van der Waals surface area contributed by atoms with Crippen LogP contribution in [0.25, 0.3) is 10.2 Å². The summed E-state index contributed by atoms with van der Waals surface area (Å²) in [6.07, 6.45) is 0.746. The van der Waals surface area contributed by atoms with Gasteiger partial charge in [0.15, 0.2) is 5.13 Å². The lowest BCUT2D eigenvalue weighted by Crippen LogP contribution is -2.39. The topological polar surface area (TPSA) is 88.8 Å². The molecule has 168 valence electrons. The standard InChI is InChI=1S/C22H23ClN4O4S/c1-15-18(23)6-7-19-20(15)24-22(32-19)26(9-3-8-25-10-12-31-13-11-25)21(28)16-4-2-5-17(14-16)27(29)30/h2,4-7,14H,3,8-13H2,1H3. The number of aromatic nitrogens is 1. The summed E-state index contributed by atoms with van der Waals surface area (Å²) in [5, 5.41) is 12.4. The summed E-state index contributed by atoms with van der Waals surface area (Å²) in [4.78, 5) is 32.8. The molecule has 1 aliphatic rings. The van der Waals surface area contributed by atoms with E-state index in [9.17, 15) is 14.9 Å². The Morgan fingerprint density at radius 2 is 2.09 bits per heavy atom. The van der Waals surface area contributed by atoms with E-state index >= 15 is 0 Å². The van der Waals surface area contributed by atoms with Gasteiger partial charge in [0.2, 0.25) is 0 Å². The molecular formula is C22H23ClN4O4S. The second kappa shape index (κ2) is 9.91. The normalized spacial score (nSPS) is 14.6. The first kappa shape index (κ1) is 22.6. The quantitative estimate of drug-likeness (QED) is 0.369. The Kier molecular flexibility index (Phi) is 7.00. The summed E-state index contributed by atoms with van der Waals surface area (Å²) in [5.41, 5.74) is 1.78. The molecule has 0 unspecified atom stereocenters. The minimum absolute atomic E-state index is 0.115. The Morgan fingerprint density at radius 3 is 2.84 bits per heavy atom. The minimum atomic E-state index is -0.497. The Labute approximate surface area is 194 Å². The molecule has 4 rings (SSSR count). The number of carbonyl (C=O) groups excluding carboxylic acids is 1. The lowest BCUT2D eigenvalue weighted by Gasteiger charge is -2.27. The highest BCUT2D eigenvalue weighted by Crippen LogP contribution is 2.34. The van der Waals surface area contributed by atoms with Gasteiger partial charge >= 0.3 is 0 Å². The van der Waals surface area contributed by atoms with Gasteiger partial charge in [-0.1, -0.05) is 29.0 Å². The van der Waals surface area contributed by atoms with Crippen molar-refractivity contribution in [2.45, 2.75) is 13.3 Å². The van der Waals surface area contributed by atoms with E-state index in [2.05, 4.69) is 4.90 Å². The van der Waals surface area contributed by atoms with Crippen molar-refractivity contribution in [3.63, 3.8) is 0 Å². The van der Waals surface area contributed by atoms with Crippen molar-refractivity contribution in [1.82, 2.24) is 9.88 Å². The van der Waals surface area contributed by atoms with Crippen LogP contribution in [0.5, 0.6) is 0 Å². The number of anilines is 1. The van der Waals surface area contributed by atoms with Gasteiger partial charge in [-0.25, -0.2) is 4.98 Å². The van der Waals surface area contributed by atoms with Gasteiger partial charge in [0.25, 0.3) is 11.6 Å². The number of non-ortho nitro benzene ring substituents is 1. The van der Waals surface area contributed by atoms with Crippen LogP contribution in [0.4, 0.5) is 10.8 Å². The molecule has 0 bridgehead atoms. The van der Waals surface area contributed by atoms with E-state index in [-0.39, 0.29) is 17.2 Å². The summed E-state index contributed by atoms with van der Waals surface area (Å²) in [5.74, 6) is -0.307. The van der Waals surface area contributed by atoms with E-state index in [1.165, 1.54) is 29.5 Å². The van der Waals surface area contributed by atoms with E-state index in [1.807, 2.05) is 19.1 Å². The number of amides is 1. The molecule has 1 fully saturated rings. The molecule has 1 aliphatic heterocycles. The van der Waals surface area contributed by atoms with Gasteiger partial charge < -0.3 is 4.74 Å². The van der Waals surface area contributed by atoms with E-state index in [1.54, 1.807) is 11.0 Å². The van der Waals surface area contributed by atoms with Crippen molar-refractivity contribution in [3.05, 3.63) is 62.7 Å². The number of nitro groups is 1. The zero-order valence-electron chi connectivity index (χ0n) is 17.6. The van der Waals surface area contributed by atoms with Gasteiger partial charge in [0.1, 0.15) is 0 Å². The number of aryl methyl sites for hydroxylation is 1. The van der Waals surface area contributed by atoms with Crippen molar-refractivity contribution in [2.24, 2.45) is 0 Å². The Bertz CT molecular complexity index is 1150. The van der Waals surface area contributed by atoms with Crippen LogP contribution in [-0.2, 0) is 4.74 Å². The Balaban J connectivity index is 1.63. The molecule has 0 radical (unpaired) electrons. The number of halogens is 1. The van der Waals surface area contributed by atoms with Crippen molar-refractivity contribution in [1.29, 1.82) is 0 Å². The largest absolute Gasteiger partial charge is 0.379 e. The predicted octanol–water partition coefficient (Wildman–Crippen LogP) is 4.54. The van der Waals surface area contributed by atoms with Crippen LogP contribution in [0.1, 0.15) is 22.3 Å². The van der Waals surface area contributed by atoms with Crippen LogP contribution in [0.15, 0.2) is 36.4 Å². The Hall–Kier alpha value is -2.59. The number of ether oxygens (including phenoxy) is 1. The SMILES string of the molecule is Cc1c(Cl)ccc2sc(N(CCCN3CCOCC3)C(=O)c3cccc([N+](=O)[O-])c3)nc12. The van der Waals surface area contributed by atoms with Crippen LogP contribution in [0, 0.1) is 17.0 Å². The summed E-state index contributed by atoms with van der Waals surface area (Å²) >= 11 is 7.67. The zero-order chi connectivity index (χ0) is 22.7. The van der Waals surface area contributed by atoms with Crippen LogP contribution in [0.3, 0.4) is 0 Å². The molecule has 0 atom stereocenters. The minimum Gasteiger partial charge on any atom is -0.379 e. The molecule has 32 heavy (non-hydrogen) atoms. The number of rotatable bonds is 7. The second-order valence-corrected chi connectivity index (χ2v) is 9.00. The maximum atomic E-state index is 13.4. The average Bonchev–Trinajstić information content (AvgIpc) is 3.24. The molecule has 2 aromatic carbocycles. The number of hydrogen-bond donors (Lipinski definition) is 0. The molecule has 0 spiro atoms. The molecule has 3 aromatic rings. The molecule has 1 aromatic heterocycles. The van der Waals surface area contributed by atoms with E-state index in [0.29, 0.717) is 29.9 Å². The first-order chi connectivity index (χ1) is 15.4. The van der Waals surface area contributed by atoms with Gasteiger partial charge in [0, 0.05) is 48.9 Å². The van der Waals surface area contributed by atoms with Crippen LogP contribution >= 0.6 is 22.9 Å². The van der Waals surface area contributed by atoms with Gasteiger partial charge in [-0.15, -0.1) is 0 Å². The maximum absolute atomic E-state index is 13.4. The van der Waals surface area contributed by atoms with E-state index < -0.39 is 4.92 Å². The number of nitro benzene ring substituents is 1. The molecule has 0 saturated carbocycles. The number of nitrogens with zero attached hydrogens (tertiary/aromatic N) is 4. The fraction of sp³-hybridized carbons (Fsp3) is 0.364. The fourth-order valence-electron chi connectivity index (χ4n) is 3.67. The van der Waals surface area contributed by atoms with Crippen LogP contribution in [-0.4, -0.2) is 60.1 Å². The highest BCUT2D eigenvalue weighted by molar-refractivity contribution is 7.22. The molecular weight excluding hydrogens is 452 g/mol. The molecule has 1 saturated heterocycles. The molecule has 0 aliphatic carbocycles. The lowest BCUT2D eigenvalue weighted by molar-refractivity contribution is -0.384. The maximum Gasteiger partial charge on any atom is 0.270 e. The first-order valence-corrected chi connectivity index (χ1v) is 11.6. The van der Waals surface area contributed by atoms with Crippen molar-refractivity contribution in [3.8, 4) is 0 Å². The van der Waals surface area contributed by atoms with Crippen molar-refractivity contribution >= 4 is 49.9 Å². The van der Waals surface area contributed by atoms with Crippen LogP contribution in [0.2, 0.25) is 5.02 Å². The van der Waals surface area contributed by atoms with E-state index in [0.717, 1.165) is 41.8 Å². The number of thiazole rings is 1. The molecule has 1 amide bonds. The fourth-order valence-corrected chi connectivity index (χ4v) is 4.88. The Morgan fingerprint density at radius 1 is 1.31 bits per heavy atom. The molecule has 8 nitrogen and oxygen atoms in total. The summed E-state index contributed by atoms with van der Waals surface area (Å²) in [7, 11) is 0. The summed E-state index contributed by atoms with van der Waals surface area (Å²) in [6.45, 7) is 6.36. The summed E-state index contributed by atoms with van der Waals surface area (Å²) in [6, 6.07) is 9.54. The molecule has 2 heterocycles. The van der Waals surface area contributed by atoms with Gasteiger partial charge in [0.05, 0.1) is 28.4 Å². The van der Waals surface area contributed by atoms with Gasteiger partial charge in [-0.3, -0.25) is 24.7 Å². The number of carbonyl (C=O) groups is 1. The average molecular weight is 475 g/mol. The van der Waals surface area contributed by atoms with Crippen LogP contribution < -0.4 is 4.90 Å². The molecule has 10 heteroatoms. The molecule has 0 N–H and O–H groups in total. The van der Waals surface area contributed by atoms with Crippen molar-refractivity contribution < 1.29 is 14.5 Å². The number of benzene rings is 2. The number of morpholine rings is 1. The second-order valence-electron chi connectivity index (χ2n) is 7.59.